The average Bonchev–Trinajstić information content (AvgIpc) is 2.51. The molecular formula is C16H20Cl3N. The van der Waals surface area contributed by atoms with Gasteiger partial charge in [-0.1, -0.05) is 61.3 Å². The maximum absolute atomic E-state index is 5.63. The van der Waals surface area contributed by atoms with E-state index < -0.39 is 0 Å². The van der Waals surface area contributed by atoms with E-state index in [1.807, 2.05) is 62.4 Å². The predicted molar refractivity (Wildman–Crippen MR) is 91.7 cm³/mol. The smallest absolute Gasteiger partial charge is 0.0474 e. The van der Waals surface area contributed by atoms with Crippen molar-refractivity contribution >= 4 is 34.8 Å². The average molecular weight is 333 g/mol. The van der Waals surface area contributed by atoms with E-state index in [-0.39, 0.29) is 0 Å². The van der Waals surface area contributed by atoms with Crippen LogP contribution < -0.4 is 5.73 Å². The summed E-state index contributed by atoms with van der Waals surface area (Å²) in [7, 11) is 0. The normalized spacial score (nSPS) is 8.90. The number of benzene rings is 2. The molecule has 0 heterocycles. The van der Waals surface area contributed by atoms with Crippen molar-refractivity contribution in [3.05, 3.63) is 69.7 Å². The van der Waals surface area contributed by atoms with Crippen molar-refractivity contribution in [3.8, 4) is 0 Å². The molecule has 0 aliphatic rings. The zero-order valence-electron chi connectivity index (χ0n) is 11.7. The highest BCUT2D eigenvalue weighted by atomic mass is 35.5. The molecule has 2 rings (SSSR count). The zero-order chi connectivity index (χ0) is 15.4. The lowest BCUT2D eigenvalue weighted by Gasteiger charge is -1.93. The summed E-state index contributed by atoms with van der Waals surface area (Å²) in [5.74, 6) is 0.553. The van der Waals surface area contributed by atoms with E-state index in [1.54, 1.807) is 0 Å². The molecule has 2 aromatic carbocycles. The molecule has 0 unspecified atom stereocenters. The van der Waals surface area contributed by atoms with Gasteiger partial charge in [-0.25, -0.2) is 0 Å². The lowest BCUT2D eigenvalue weighted by Crippen LogP contribution is -1.94. The van der Waals surface area contributed by atoms with E-state index in [9.17, 15) is 0 Å². The molecule has 0 aliphatic carbocycles. The standard InChI is InChI=1S/C7H6Cl2.C7H8ClN.C2H6/c8-5-6-1-3-7(9)4-2-6;8-7-3-1-6(5-9)2-4-7;1-2/h1-4H,5H2;1-4H,5,9H2;1-2H3. The van der Waals surface area contributed by atoms with Crippen molar-refractivity contribution in [1.29, 1.82) is 0 Å². The quantitative estimate of drug-likeness (QED) is 0.680. The summed E-state index contributed by atoms with van der Waals surface area (Å²) in [5, 5.41) is 1.51. The van der Waals surface area contributed by atoms with E-state index in [1.165, 1.54) is 0 Å². The Labute approximate surface area is 136 Å². The van der Waals surface area contributed by atoms with Gasteiger partial charge >= 0.3 is 0 Å². The van der Waals surface area contributed by atoms with Gasteiger partial charge < -0.3 is 5.73 Å². The molecule has 2 aromatic rings. The van der Waals surface area contributed by atoms with Crippen molar-refractivity contribution in [2.24, 2.45) is 5.73 Å². The molecule has 1 nitrogen and oxygen atoms in total. The lowest BCUT2D eigenvalue weighted by molar-refractivity contribution is 1.07. The molecule has 0 saturated heterocycles. The van der Waals surface area contributed by atoms with Gasteiger partial charge in [0.15, 0.2) is 0 Å². The molecule has 20 heavy (non-hydrogen) atoms. The molecule has 0 saturated carbocycles. The molecule has 4 heteroatoms. The van der Waals surface area contributed by atoms with Crippen molar-refractivity contribution in [2.45, 2.75) is 26.3 Å². The molecule has 2 N–H and O–H groups in total. The fourth-order valence-electron chi connectivity index (χ4n) is 1.19. The van der Waals surface area contributed by atoms with Crippen molar-refractivity contribution in [2.75, 3.05) is 0 Å². The number of hydrogen-bond donors (Lipinski definition) is 1. The molecule has 0 aromatic heterocycles. The summed E-state index contributed by atoms with van der Waals surface area (Å²) in [4.78, 5) is 0. The first-order valence-corrected chi connectivity index (χ1v) is 7.69. The first-order chi connectivity index (χ1) is 9.65. The number of nitrogens with two attached hydrogens (primary N) is 1. The lowest BCUT2D eigenvalue weighted by atomic mass is 10.2. The van der Waals surface area contributed by atoms with Gasteiger partial charge in [0.25, 0.3) is 0 Å². The van der Waals surface area contributed by atoms with Gasteiger partial charge in [-0.2, -0.15) is 0 Å². The molecule has 0 amide bonds. The van der Waals surface area contributed by atoms with Crippen molar-refractivity contribution in [3.63, 3.8) is 0 Å². The highest BCUT2D eigenvalue weighted by Crippen LogP contribution is 2.10. The van der Waals surface area contributed by atoms with Crippen LogP contribution in [0, 0.1) is 0 Å². The van der Waals surface area contributed by atoms with Gasteiger partial charge in [-0.15, -0.1) is 11.6 Å². The highest BCUT2D eigenvalue weighted by Gasteiger charge is 1.87. The van der Waals surface area contributed by atoms with E-state index >= 15 is 0 Å². The van der Waals surface area contributed by atoms with E-state index in [2.05, 4.69) is 0 Å². The van der Waals surface area contributed by atoms with Gasteiger partial charge in [0, 0.05) is 22.5 Å². The van der Waals surface area contributed by atoms with Crippen molar-refractivity contribution in [1.82, 2.24) is 0 Å². The molecule has 0 bridgehead atoms. The Kier molecular flexibility index (Phi) is 11.6. The monoisotopic (exact) mass is 331 g/mol. The summed E-state index contributed by atoms with van der Waals surface area (Å²) < 4.78 is 0. The molecule has 0 radical (unpaired) electrons. The Bertz CT molecular complexity index is 407. The summed E-state index contributed by atoms with van der Waals surface area (Å²) in [5.41, 5.74) is 7.57. The van der Waals surface area contributed by atoms with Crippen LogP contribution in [0.1, 0.15) is 25.0 Å². The molecule has 0 spiro atoms. The SMILES string of the molecule is CC.ClCc1ccc(Cl)cc1.NCc1ccc(Cl)cc1. The minimum Gasteiger partial charge on any atom is -0.326 e. The summed E-state index contributed by atoms with van der Waals surface area (Å²) >= 11 is 16.8. The van der Waals surface area contributed by atoms with Gasteiger partial charge in [0.1, 0.15) is 0 Å². The fourth-order valence-corrected chi connectivity index (χ4v) is 1.62. The Hall–Kier alpha value is -0.730. The Balaban J connectivity index is 0.000000321. The van der Waals surface area contributed by atoms with Crippen LogP contribution in [0.4, 0.5) is 0 Å². The van der Waals surface area contributed by atoms with Crippen LogP contribution in [0.25, 0.3) is 0 Å². The van der Waals surface area contributed by atoms with Crippen LogP contribution in [-0.2, 0) is 12.4 Å². The van der Waals surface area contributed by atoms with Gasteiger partial charge in [0.2, 0.25) is 0 Å². The minimum absolute atomic E-state index is 0.553. The molecule has 0 fully saturated rings. The second kappa shape index (κ2) is 12.0. The minimum atomic E-state index is 0.553. The van der Waals surface area contributed by atoms with E-state index in [4.69, 9.17) is 40.5 Å². The van der Waals surface area contributed by atoms with Crippen LogP contribution >= 0.6 is 34.8 Å². The van der Waals surface area contributed by atoms with Crippen LogP contribution in [0.3, 0.4) is 0 Å². The molecular weight excluding hydrogens is 313 g/mol. The van der Waals surface area contributed by atoms with Gasteiger partial charge in [0.05, 0.1) is 0 Å². The zero-order valence-corrected chi connectivity index (χ0v) is 14.0. The van der Waals surface area contributed by atoms with Gasteiger partial charge in [-0.3, -0.25) is 0 Å². The fraction of sp³-hybridized carbons (Fsp3) is 0.250. The Morgan fingerprint density at radius 2 is 1.10 bits per heavy atom. The summed E-state index contributed by atoms with van der Waals surface area (Å²) in [6.45, 7) is 4.58. The van der Waals surface area contributed by atoms with E-state index in [0.717, 1.165) is 21.2 Å². The van der Waals surface area contributed by atoms with Crippen LogP contribution in [0.2, 0.25) is 10.0 Å². The van der Waals surface area contributed by atoms with Crippen molar-refractivity contribution < 1.29 is 0 Å². The first-order valence-electron chi connectivity index (χ1n) is 6.40. The van der Waals surface area contributed by atoms with E-state index in [0.29, 0.717) is 12.4 Å². The van der Waals surface area contributed by atoms with Crippen LogP contribution in [0.5, 0.6) is 0 Å². The number of alkyl halides is 1. The highest BCUT2D eigenvalue weighted by molar-refractivity contribution is 6.30. The van der Waals surface area contributed by atoms with Crippen LogP contribution in [-0.4, -0.2) is 0 Å². The Morgan fingerprint density at radius 1 is 0.750 bits per heavy atom. The number of halogens is 3. The maximum Gasteiger partial charge on any atom is 0.0474 e. The van der Waals surface area contributed by atoms with Crippen LogP contribution in [0.15, 0.2) is 48.5 Å². The summed E-state index contributed by atoms with van der Waals surface area (Å²) in [6.07, 6.45) is 0. The predicted octanol–water partition coefficient (Wildman–Crippen LogP) is 5.90. The third-order valence-corrected chi connectivity index (χ3v) is 3.03. The molecule has 0 atom stereocenters. The van der Waals surface area contributed by atoms with Gasteiger partial charge in [-0.05, 0) is 35.4 Å². The third kappa shape index (κ3) is 8.44. The first kappa shape index (κ1) is 19.3. The molecule has 0 aliphatic heterocycles. The summed E-state index contributed by atoms with van der Waals surface area (Å²) in [6, 6.07) is 15.0. The number of rotatable bonds is 2. The molecule has 110 valence electrons. The third-order valence-electron chi connectivity index (χ3n) is 2.22. The number of hydrogen-bond acceptors (Lipinski definition) is 1. The maximum atomic E-state index is 5.63. The second-order valence-electron chi connectivity index (χ2n) is 3.59. The topological polar surface area (TPSA) is 26.0 Å². The Morgan fingerprint density at radius 3 is 1.40 bits per heavy atom. The second-order valence-corrected chi connectivity index (χ2v) is 4.73. The largest absolute Gasteiger partial charge is 0.326 e.